The number of hydrogen-bond acceptors (Lipinski definition) is 4. The zero-order valence-corrected chi connectivity index (χ0v) is 11.3. The molecule has 0 bridgehead atoms. The minimum absolute atomic E-state index is 0. The van der Waals surface area contributed by atoms with Gasteiger partial charge >= 0.3 is 0 Å². The molecule has 1 aliphatic heterocycles. The quantitative estimate of drug-likeness (QED) is 0.810. The van der Waals surface area contributed by atoms with Gasteiger partial charge in [-0.05, 0) is 18.6 Å². The first-order valence-electron chi connectivity index (χ1n) is 5.07. The number of aliphatic hydroxyl groups excluding tert-OH is 1. The molecule has 2 rings (SSSR count). The molecule has 6 heteroatoms. The topological polar surface area (TPSA) is 58.7 Å². The molecule has 1 fully saturated rings. The summed E-state index contributed by atoms with van der Waals surface area (Å²) in [5.74, 6) is 0.689. The van der Waals surface area contributed by atoms with Crippen molar-refractivity contribution in [1.29, 1.82) is 0 Å². The van der Waals surface area contributed by atoms with Crippen LogP contribution in [0.1, 0.15) is 6.42 Å². The molecule has 0 spiro atoms. The van der Waals surface area contributed by atoms with Crippen LogP contribution in [-0.4, -0.2) is 31.4 Å². The van der Waals surface area contributed by atoms with Crippen LogP contribution in [0.2, 0.25) is 0 Å². The summed E-state index contributed by atoms with van der Waals surface area (Å²) < 4.78 is 5.16. The normalized spacial score (nSPS) is 18.2. The van der Waals surface area contributed by atoms with E-state index in [1.807, 2.05) is 18.2 Å². The second kappa shape index (κ2) is 6.79. The van der Waals surface area contributed by atoms with Crippen LogP contribution in [0.3, 0.4) is 0 Å². The van der Waals surface area contributed by atoms with Crippen molar-refractivity contribution in [3.8, 4) is 5.75 Å². The fraction of sp³-hybridized carbons (Fsp3) is 0.455. The highest BCUT2D eigenvalue weighted by molar-refractivity contribution is 5.85. The van der Waals surface area contributed by atoms with Crippen molar-refractivity contribution in [2.24, 2.45) is 0 Å². The van der Waals surface area contributed by atoms with Crippen molar-refractivity contribution in [2.75, 3.05) is 30.8 Å². The maximum absolute atomic E-state index is 9.44. The summed E-state index contributed by atoms with van der Waals surface area (Å²) in [5, 5.41) is 9.44. The number of rotatable bonds is 2. The number of nitrogens with two attached hydrogens (primary N) is 1. The zero-order chi connectivity index (χ0) is 10.8. The second-order valence-electron chi connectivity index (χ2n) is 3.81. The van der Waals surface area contributed by atoms with E-state index in [1.165, 1.54) is 0 Å². The van der Waals surface area contributed by atoms with Crippen LogP contribution in [0.4, 0.5) is 11.4 Å². The van der Waals surface area contributed by atoms with Gasteiger partial charge in [-0.3, -0.25) is 0 Å². The largest absolute Gasteiger partial charge is 0.495 e. The molecular weight excluding hydrogens is 263 g/mol. The van der Waals surface area contributed by atoms with Crippen molar-refractivity contribution < 1.29 is 9.84 Å². The smallest absolute Gasteiger partial charge is 0.143 e. The number of ether oxygens (including phenoxy) is 1. The average molecular weight is 281 g/mol. The molecule has 3 N–H and O–H groups in total. The minimum Gasteiger partial charge on any atom is -0.495 e. The van der Waals surface area contributed by atoms with E-state index in [-0.39, 0.29) is 30.9 Å². The Hall–Kier alpha value is -0.840. The first-order valence-corrected chi connectivity index (χ1v) is 5.07. The molecule has 1 unspecified atom stereocenters. The number of halogens is 2. The van der Waals surface area contributed by atoms with Crippen LogP contribution < -0.4 is 15.4 Å². The molecule has 0 saturated carbocycles. The molecule has 1 aromatic carbocycles. The molecule has 1 aliphatic rings. The Balaban J connectivity index is 0.00000128. The van der Waals surface area contributed by atoms with Gasteiger partial charge in [0, 0.05) is 24.8 Å². The predicted octanol–water partition coefficient (Wildman–Crippen LogP) is 1.69. The Bertz CT molecular complexity index is 363. The molecule has 1 heterocycles. The lowest BCUT2D eigenvalue weighted by molar-refractivity contribution is 0.198. The van der Waals surface area contributed by atoms with Gasteiger partial charge in [-0.25, -0.2) is 0 Å². The molecule has 0 radical (unpaired) electrons. The third-order valence-corrected chi connectivity index (χ3v) is 2.75. The van der Waals surface area contributed by atoms with Gasteiger partial charge in [-0.15, -0.1) is 24.8 Å². The highest BCUT2D eigenvalue weighted by Gasteiger charge is 2.20. The number of nitrogen functional groups attached to an aromatic ring is 1. The Morgan fingerprint density at radius 1 is 1.41 bits per heavy atom. The maximum Gasteiger partial charge on any atom is 0.143 e. The summed E-state index contributed by atoms with van der Waals surface area (Å²) >= 11 is 0. The summed E-state index contributed by atoms with van der Waals surface area (Å²) in [6.07, 6.45) is 0.612. The van der Waals surface area contributed by atoms with E-state index in [1.54, 1.807) is 7.11 Å². The Morgan fingerprint density at radius 2 is 2.12 bits per heavy atom. The van der Waals surface area contributed by atoms with Gasteiger partial charge in [0.05, 0.1) is 18.9 Å². The van der Waals surface area contributed by atoms with Crippen molar-refractivity contribution >= 4 is 36.2 Å². The Morgan fingerprint density at radius 3 is 2.65 bits per heavy atom. The lowest BCUT2D eigenvalue weighted by Gasteiger charge is -2.19. The number of methoxy groups -OCH3 is 1. The fourth-order valence-corrected chi connectivity index (χ4v) is 1.87. The van der Waals surface area contributed by atoms with Gasteiger partial charge in [0.1, 0.15) is 5.75 Å². The molecule has 0 amide bonds. The van der Waals surface area contributed by atoms with Crippen LogP contribution in [0.5, 0.6) is 5.75 Å². The zero-order valence-electron chi connectivity index (χ0n) is 9.63. The first kappa shape index (κ1) is 16.2. The van der Waals surface area contributed by atoms with Crippen molar-refractivity contribution in [3.05, 3.63) is 18.2 Å². The van der Waals surface area contributed by atoms with Gasteiger partial charge in [0.2, 0.25) is 0 Å². The average Bonchev–Trinajstić information content (AvgIpc) is 2.66. The molecule has 0 aliphatic carbocycles. The fourth-order valence-electron chi connectivity index (χ4n) is 1.87. The van der Waals surface area contributed by atoms with Crippen LogP contribution in [0.15, 0.2) is 18.2 Å². The van der Waals surface area contributed by atoms with Gasteiger partial charge in [0.25, 0.3) is 0 Å². The van der Waals surface area contributed by atoms with E-state index in [9.17, 15) is 5.11 Å². The van der Waals surface area contributed by atoms with Crippen LogP contribution in [0, 0.1) is 0 Å². The summed E-state index contributed by atoms with van der Waals surface area (Å²) in [6, 6.07) is 5.70. The van der Waals surface area contributed by atoms with Crippen molar-refractivity contribution in [2.45, 2.75) is 12.5 Å². The van der Waals surface area contributed by atoms with Gasteiger partial charge in [-0.1, -0.05) is 0 Å². The van der Waals surface area contributed by atoms with E-state index in [0.29, 0.717) is 18.0 Å². The van der Waals surface area contributed by atoms with Gasteiger partial charge in [-0.2, -0.15) is 0 Å². The number of β-amino-alcohol motifs (C(OH)–C–C–N with tert-alkyl or cyclic N) is 1. The minimum atomic E-state index is -0.214. The van der Waals surface area contributed by atoms with Crippen LogP contribution in [0.25, 0.3) is 0 Å². The third-order valence-electron chi connectivity index (χ3n) is 2.75. The standard InChI is InChI=1S/C11H16N2O2.2ClH/c1-15-11-6-8(2-3-10(11)12)13-5-4-9(14)7-13;;/h2-3,6,9,14H,4-5,7,12H2,1H3;2*1H. The van der Waals surface area contributed by atoms with Gasteiger partial charge in [0.15, 0.2) is 0 Å². The maximum atomic E-state index is 9.44. The molecule has 1 saturated heterocycles. The molecule has 1 aromatic rings. The summed E-state index contributed by atoms with van der Waals surface area (Å²) in [5.41, 5.74) is 7.43. The van der Waals surface area contributed by atoms with Crippen LogP contribution >= 0.6 is 24.8 Å². The van der Waals surface area contributed by atoms with Crippen molar-refractivity contribution in [3.63, 3.8) is 0 Å². The van der Waals surface area contributed by atoms with Gasteiger partial charge < -0.3 is 20.5 Å². The Kier molecular flexibility index (Phi) is 6.45. The Labute approximate surface area is 114 Å². The van der Waals surface area contributed by atoms with Crippen molar-refractivity contribution in [1.82, 2.24) is 0 Å². The molecule has 0 aromatic heterocycles. The highest BCUT2D eigenvalue weighted by Crippen LogP contribution is 2.29. The lowest BCUT2D eigenvalue weighted by Crippen LogP contribution is -2.21. The van der Waals surface area contributed by atoms with E-state index < -0.39 is 0 Å². The monoisotopic (exact) mass is 280 g/mol. The number of nitrogens with zero attached hydrogens (tertiary/aromatic N) is 1. The predicted molar refractivity (Wildman–Crippen MR) is 74.7 cm³/mol. The molecule has 17 heavy (non-hydrogen) atoms. The number of benzene rings is 1. The van der Waals surface area contributed by atoms with E-state index in [4.69, 9.17) is 10.5 Å². The second-order valence-corrected chi connectivity index (χ2v) is 3.81. The molecule has 4 nitrogen and oxygen atoms in total. The molecule has 98 valence electrons. The van der Waals surface area contributed by atoms with E-state index in [0.717, 1.165) is 18.7 Å². The SMILES string of the molecule is COc1cc(N2CCC(O)C2)ccc1N.Cl.Cl. The number of aliphatic hydroxyl groups is 1. The summed E-state index contributed by atoms with van der Waals surface area (Å²) in [6.45, 7) is 1.57. The number of hydrogen-bond donors (Lipinski definition) is 2. The molecule has 1 atom stereocenters. The van der Waals surface area contributed by atoms with E-state index in [2.05, 4.69) is 4.90 Å². The molecular formula is C11H18Cl2N2O2. The first-order chi connectivity index (χ1) is 7.20. The van der Waals surface area contributed by atoms with Crippen LogP contribution in [-0.2, 0) is 0 Å². The number of anilines is 2. The third kappa shape index (κ3) is 3.56. The van der Waals surface area contributed by atoms with E-state index >= 15 is 0 Å². The highest BCUT2D eigenvalue weighted by atomic mass is 35.5. The summed E-state index contributed by atoms with van der Waals surface area (Å²) in [7, 11) is 1.61. The lowest BCUT2D eigenvalue weighted by atomic mass is 10.2. The summed E-state index contributed by atoms with van der Waals surface area (Å²) in [4.78, 5) is 2.13.